The number of ether oxygens (including phenoxy) is 2. The van der Waals surface area contributed by atoms with E-state index >= 15 is 0 Å². The number of hydrogen-bond donors (Lipinski definition) is 0. The van der Waals surface area contributed by atoms with Crippen molar-refractivity contribution in [3.63, 3.8) is 0 Å². The number of imide groups is 1. The summed E-state index contributed by atoms with van der Waals surface area (Å²) in [6.45, 7) is 6.16. The van der Waals surface area contributed by atoms with E-state index in [2.05, 4.69) is 0 Å². The molecule has 0 bridgehead atoms. The first kappa shape index (κ1) is 24.6. The average molecular weight is 511 g/mol. The molecule has 0 N–H and O–H groups in total. The van der Waals surface area contributed by atoms with E-state index in [-0.39, 0.29) is 18.4 Å². The standard InChI is InChI=1S/C28H31ClN2O5/c1-28(2,3)36-26(33)30-15-19-14-22(19)24(30)23(18-9-11-20(29)12-10-18)25(32)31-21(16-35-27(31)34)13-17-7-5-4-6-8-17/h4-12,19,21-24H,13-16H2,1-3H3/t19?,21?,22-,23-,24-/m0/s1. The summed E-state index contributed by atoms with van der Waals surface area (Å²) >= 11 is 6.15. The lowest BCUT2D eigenvalue weighted by Crippen LogP contribution is -2.51. The predicted octanol–water partition coefficient (Wildman–Crippen LogP) is 5.27. The Labute approximate surface area is 216 Å². The lowest BCUT2D eigenvalue weighted by Gasteiger charge is -2.36. The molecule has 3 aliphatic rings. The predicted molar refractivity (Wildman–Crippen MR) is 135 cm³/mol. The van der Waals surface area contributed by atoms with Gasteiger partial charge in [0.1, 0.15) is 12.2 Å². The maximum absolute atomic E-state index is 14.3. The second-order valence-corrected chi connectivity index (χ2v) is 11.4. The molecule has 5 atom stereocenters. The molecule has 8 heteroatoms. The first-order valence-electron chi connectivity index (χ1n) is 12.4. The number of cyclic esters (lactones) is 1. The minimum Gasteiger partial charge on any atom is -0.447 e. The van der Waals surface area contributed by atoms with Gasteiger partial charge in [0.2, 0.25) is 5.91 Å². The average Bonchev–Trinajstić information content (AvgIpc) is 3.36. The zero-order chi connectivity index (χ0) is 25.6. The molecule has 0 spiro atoms. The van der Waals surface area contributed by atoms with Crippen molar-refractivity contribution in [1.82, 2.24) is 9.80 Å². The Bertz CT molecular complexity index is 1150. The van der Waals surface area contributed by atoms with E-state index in [1.807, 2.05) is 63.2 Å². The molecular weight excluding hydrogens is 480 g/mol. The molecule has 2 unspecified atom stereocenters. The smallest absolute Gasteiger partial charge is 0.417 e. The van der Waals surface area contributed by atoms with Crippen LogP contribution in [0.5, 0.6) is 0 Å². The maximum Gasteiger partial charge on any atom is 0.417 e. The number of nitrogens with zero attached hydrogens (tertiary/aromatic N) is 2. The zero-order valence-corrected chi connectivity index (χ0v) is 21.5. The fourth-order valence-corrected chi connectivity index (χ4v) is 5.65. The molecule has 7 nitrogen and oxygen atoms in total. The molecule has 36 heavy (non-hydrogen) atoms. The van der Waals surface area contributed by atoms with Crippen molar-refractivity contribution in [3.8, 4) is 0 Å². The van der Waals surface area contributed by atoms with Crippen molar-refractivity contribution in [2.75, 3.05) is 13.2 Å². The van der Waals surface area contributed by atoms with Gasteiger partial charge in [0.05, 0.1) is 18.0 Å². The highest BCUT2D eigenvalue weighted by molar-refractivity contribution is 6.30. The minimum atomic E-state index is -0.740. The summed E-state index contributed by atoms with van der Waals surface area (Å²) in [6.07, 6.45) is 0.363. The number of benzene rings is 2. The van der Waals surface area contributed by atoms with Crippen molar-refractivity contribution < 1.29 is 23.9 Å². The molecule has 2 heterocycles. The van der Waals surface area contributed by atoms with Gasteiger partial charge in [0, 0.05) is 11.6 Å². The number of likely N-dealkylation sites (tertiary alicyclic amines) is 1. The summed E-state index contributed by atoms with van der Waals surface area (Å²) < 4.78 is 11.1. The third-order valence-corrected chi connectivity index (χ3v) is 7.44. The highest BCUT2D eigenvalue weighted by Gasteiger charge is 2.60. The lowest BCUT2D eigenvalue weighted by atomic mass is 9.86. The van der Waals surface area contributed by atoms with E-state index in [4.69, 9.17) is 21.1 Å². The van der Waals surface area contributed by atoms with E-state index < -0.39 is 35.8 Å². The number of hydrogen-bond acceptors (Lipinski definition) is 5. The van der Waals surface area contributed by atoms with Gasteiger partial charge in [-0.1, -0.05) is 54.1 Å². The molecule has 2 saturated heterocycles. The van der Waals surface area contributed by atoms with Gasteiger partial charge >= 0.3 is 12.2 Å². The summed E-state index contributed by atoms with van der Waals surface area (Å²) in [6, 6.07) is 16.0. The first-order chi connectivity index (χ1) is 17.1. The number of carbonyl (C=O) groups is 3. The number of fused-ring (bicyclic) bond motifs is 1. The first-order valence-corrected chi connectivity index (χ1v) is 12.8. The Morgan fingerprint density at radius 2 is 1.81 bits per heavy atom. The Balaban J connectivity index is 1.49. The molecule has 2 aliphatic heterocycles. The van der Waals surface area contributed by atoms with Crippen LogP contribution in [0.15, 0.2) is 54.6 Å². The molecule has 1 aliphatic carbocycles. The van der Waals surface area contributed by atoms with Crippen LogP contribution in [0, 0.1) is 11.8 Å². The molecule has 1 saturated carbocycles. The highest BCUT2D eigenvalue weighted by Crippen LogP contribution is 2.54. The second-order valence-electron chi connectivity index (χ2n) is 10.9. The normalized spacial score (nSPS) is 25.8. The van der Waals surface area contributed by atoms with Crippen LogP contribution in [0.4, 0.5) is 9.59 Å². The SMILES string of the molecule is CC(C)(C)OC(=O)N1CC2C[C@@H]2[C@H]1[C@@H](C(=O)N1C(=O)OCC1Cc1ccccc1)c1ccc(Cl)cc1. The largest absolute Gasteiger partial charge is 0.447 e. The van der Waals surface area contributed by atoms with Gasteiger partial charge in [-0.25, -0.2) is 14.5 Å². The Morgan fingerprint density at radius 1 is 1.11 bits per heavy atom. The number of amides is 3. The molecule has 3 fully saturated rings. The van der Waals surface area contributed by atoms with Gasteiger partial charge in [-0.15, -0.1) is 0 Å². The van der Waals surface area contributed by atoms with Gasteiger partial charge in [-0.3, -0.25) is 4.79 Å². The number of rotatable bonds is 5. The van der Waals surface area contributed by atoms with Gasteiger partial charge in [0.15, 0.2) is 0 Å². The van der Waals surface area contributed by atoms with Crippen molar-refractivity contribution >= 4 is 29.7 Å². The zero-order valence-electron chi connectivity index (χ0n) is 20.7. The van der Waals surface area contributed by atoms with Crippen LogP contribution in [-0.4, -0.2) is 58.7 Å². The van der Waals surface area contributed by atoms with E-state index in [1.54, 1.807) is 17.0 Å². The summed E-state index contributed by atoms with van der Waals surface area (Å²) in [5, 5.41) is 0.548. The molecule has 2 aromatic carbocycles. The van der Waals surface area contributed by atoms with Crippen LogP contribution in [0.2, 0.25) is 5.02 Å². The maximum atomic E-state index is 14.3. The molecule has 3 amide bonds. The van der Waals surface area contributed by atoms with Crippen LogP contribution < -0.4 is 0 Å². The van der Waals surface area contributed by atoms with Crippen molar-refractivity contribution in [2.45, 2.75) is 57.2 Å². The molecule has 0 aromatic heterocycles. The summed E-state index contributed by atoms with van der Waals surface area (Å²) in [5.74, 6) is -0.591. The van der Waals surface area contributed by atoms with E-state index in [0.717, 1.165) is 12.0 Å². The third-order valence-electron chi connectivity index (χ3n) is 7.18. The Hall–Kier alpha value is -3.06. The van der Waals surface area contributed by atoms with Crippen molar-refractivity contribution in [1.29, 1.82) is 0 Å². The Morgan fingerprint density at radius 3 is 2.47 bits per heavy atom. The number of piperidine rings is 1. The van der Waals surface area contributed by atoms with Crippen LogP contribution in [0.1, 0.15) is 44.2 Å². The quantitative estimate of drug-likeness (QED) is 0.547. The third kappa shape index (κ3) is 4.94. The minimum absolute atomic E-state index is 0.138. The summed E-state index contributed by atoms with van der Waals surface area (Å²) in [5.41, 5.74) is 1.07. The van der Waals surface area contributed by atoms with Crippen LogP contribution in [0.3, 0.4) is 0 Å². The monoisotopic (exact) mass is 510 g/mol. The summed E-state index contributed by atoms with van der Waals surface area (Å²) in [4.78, 5) is 43.3. The lowest BCUT2D eigenvalue weighted by molar-refractivity contribution is -0.132. The van der Waals surface area contributed by atoms with Crippen LogP contribution in [-0.2, 0) is 20.7 Å². The highest BCUT2D eigenvalue weighted by atomic mass is 35.5. The van der Waals surface area contributed by atoms with Gasteiger partial charge < -0.3 is 14.4 Å². The molecule has 190 valence electrons. The fraction of sp³-hybridized carbons (Fsp3) is 0.464. The molecule has 5 rings (SSSR count). The van der Waals surface area contributed by atoms with Crippen LogP contribution in [0.25, 0.3) is 0 Å². The molecular formula is C28H31ClN2O5. The number of carbonyl (C=O) groups excluding carboxylic acids is 3. The van der Waals surface area contributed by atoms with Crippen LogP contribution >= 0.6 is 11.6 Å². The van der Waals surface area contributed by atoms with Gasteiger partial charge in [-0.2, -0.15) is 0 Å². The topological polar surface area (TPSA) is 76.2 Å². The number of halogens is 1. The van der Waals surface area contributed by atoms with Gasteiger partial charge in [0.25, 0.3) is 0 Å². The second kappa shape index (κ2) is 9.43. The fourth-order valence-electron chi connectivity index (χ4n) is 5.52. The molecule has 0 radical (unpaired) electrons. The van der Waals surface area contributed by atoms with Crippen molar-refractivity contribution in [2.24, 2.45) is 11.8 Å². The summed E-state index contributed by atoms with van der Waals surface area (Å²) in [7, 11) is 0. The van der Waals surface area contributed by atoms with Crippen molar-refractivity contribution in [3.05, 3.63) is 70.7 Å². The van der Waals surface area contributed by atoms with E-state index in [9.17, 15) is 14.4 Å². The van der Waals surface area contributed by atoms with E-state index in [0.29, 0.717) is 29.5 Å². The Kier molecular flexibility index (Phi) is 6.45. The molecule has 2 aromatic rings. The van der Waals surface area contributed by atoms with E-state index in [1.165, 1.54) is 4.90 Å². The van der Waals surface area contributed by atoms with Gasteiger partial charge in [-0.05, 0) is 68.7 Å².